The first kappa shape index (κ1) is 34.8. The number of furan rings is 1. The minimum Gasteiger partial charge on any atom is -0.456 e. The summed E-state index contributed by atoms with van der Waals surface area (Å²) in [6, 6.07) is 77.0. The smallest absolute Gasteiger partial charge is 0.135 e. The molecule has 0 fully saturated rings. The molecule has 10 aromatic rings. The van der Waals surface area contributed by atoms with Crippen LogP contribution < -0.4 is 4.90 Å². The summed E-state index contributed by atoms with van der Waals surface area (Å²) < 4.78 is 6.13. The van der Waals surface area contributed by atoms with Gasteiger partial charge in [-0.05, 0) is 133 Å². The molecular formula is C57H41NO. The van der Waals surface area contributed by atoms with E-state index in [9.17, 15) is 0 Å². The van der Waals surface area contributed by atoms with Gasteiger partial charge in [-0.2, -0.15) is 0 Å². The summed E-state index contributed by atoms with van der Waals surface area (Å²) in [5, 5.41) is 2.27. The van der Waals surface area contributed by atoms with Crippen molar-refractivity contribution in [1.82, 2.24) is 0 Å². The first-order valence-electron chi connectivity index (χ1n) is 20.4. The number of fused-ring (bicyclic) bond motifs is 6. The normalized spacial score (nSPS) is 12.7. The van der Waals surface area contributed by atoms with E-state index in [1.165, 1.54) is 55.6 Å². The summed E-state index contributed by atoms with van der Waals surface area (Å²) in [5.41, 5.74) is 20.0. The van der Waals surface area contributed by atoms with Crippen LogP contribution in [0.4, 0.5) is 17.1 Å². The zero-order chi connectivity index (χ0) is 39.5. The molecule has 59 heavy (non-hydrogen) atoms. The lowest BCUT2D eigenvalue weighted by Crippen LogP contribution is -2.14. The Hall–Kier alpha value is -7.42. The van der Waals surface area contributed by atoms with E-state index in [1.54, 1.807) is 0 Å². The monoisotopic (exact) mass is 755 g/mol. The highest BCUT2D eigenvalue weighted by atomic mass is 16.3. The van der Waals surface area contributed by atoms with Crippen molar-refractivity contribution in [3.05, 3.63) is 223 Å². The Morgan fingerprint density at radius 2 is 0.831 bits per heavy atom. The maximum Gasteiger partial charge on any atom is 0.135 e. The summed E-state index contributed by atoms with van der Waals surface area (Å²) in [4.78, 5) is 2.37. The number of rotatable bonds is 7. The fourth-order valence-electron chi connectivity index (χ4n) is 9.21. The van der Waals surface area contributed by atoms with E-state index in [1.807, 2.05) is 12.1 Å². The van der Waals surface area contributed by atoms with E-state index < -0.39 is 0 Å². The molecule has 0 atom stereocenters. The second-order valence-electron chi connectivity index (χ2n) is 16.2. The SMILES string of the molecule is CC1(C)c2ccccc2-c2cc(-c3cccc(-c4cccc(N(c5ccc(-c6ccc7oc8ccccc8c7c6)cc5)c5cccc(-c6ccccc6)c5)c4)c3)ccc21. The second kappa shape index (κ2) is 13.9. The van der Waals surface area contributed by atoms with Crippen LogP contribution in [0.3, 0.4) is 0 Å². The molecule has 2 nitrogen and oxygen atoms in total. The Kier molecular flexibility index (Phi) is 8.20. The van der Waals surface area contributed by atoms with Crippen LogP contribution in [0.25, 0.3) is 77.6 Å². The maximum atomic E-state index is 6.13. The molecule has 0 bridgehead atoms. The summed E-state index contributed by atoms with van der Waals surface area (Å²) in [6.07, 6.45) is 0. The van der Waals surface area contributed by atoms with Crippen molar-refractivity contribution in [3.63, 3.8) is 0 Å². The number of benzene rings is 9. The number of nitrogens with zero attached hydrogens (tertiary/aromatic N) is 1. The third kappa shape index (κ3) is 6.04. The predicted molar refractivity (Wildman–Crippen MR) is 248 cm³/mol. The van der Waals surface area contributed by atoms with E-state index in [4.69, 9.17) is 4.42 Å². The Balaban J connectivity index is 0.980. The van der Waals surface area contributed by atoms with Crippen molar-refractivity contribution in [2.45, 2.75) is 19.3 Å². The van der Waals surface area contributed by atoms with Crippen LogP contribution in [0.5, 0.6) is 0 Å². The summed E-state index contributed by atoms with van der Waals surface area (Å²) in [5.74, 6) is 0. The molecule has 9 aromatic carbocycles. The highest BCUT2D eigenvalue weighted by Crippen LogP contribution is 2.49. The standard InChI is InChI=1S/C57H41NO/c1-57(2)53-23-8-6-21-49(53)51-36-45(27-31-54(51)57)41-16-10-15-40(33-41)43-18-12-20-48(35-43)58(47-19-11-17-42(34-47)38-13-4-3-5-14-38)46-29-25-39(26-30-46)44-28-32-56-52(37-44)50-22-7-9-24-55(50)59-56/h3-37H,1-2H3. The van der Waals surface area contributed by atoms with E-state index in [2.05, 4.69) is 219 Å². The topological polar surface area (TPSA) is 16.4 Å². The first-order chi connectivity index (χ1) is 29.0. The van der Waals surface area contributed by atoms with Gasteiger partial charge in [-0.1, -0.05) is 159 Å². The first-order valence-corrected chi connectivity index (χ1v) is 20.4. The molecule has 1 aromatic heterocycles. The molecule has 1 aliphatic carbocycles. The van der Waals surface area contributed by atoms with Crippen LogP contribution in [0.1, 0.15) is 25.0 Å². The molecule has 1 heterocycles. The van der Waals surface area contributed by atoms with E-state index >= 15 is 0 Å². The average molecular weight is 756 g/mol. The zero-order valence-electron chi connectivity index (χ0n) is 33.1. The van der Waals surface area contributed by atoms with Gasteiger partial charge in [0.15, 0.2) is 0 Å². The van der Waals surface area contributed by atoms with Crippen molar-refractivity contribution >= 4 is 39.0 Å². The van der Waals surface area contributed by atoms with Crippen molar-refractivity contribution in [1.29, 1.82) is 0 Å². The van der Waals surface area contributed by atoms with Crippen LogP contribution in [-0.4, -0.2) is 0 Å². The van der Waals surface area contributed by atoms with Crippen molar-refractivity contribution < 1.29 is 4.42 Å². The van der Waals surface area contributed by atoms with Gasteiger partial charge < -0.3 is 9.32 Å². The summed E-state index contributed by atoms with van der Waals surface area (Å²) >= 11 is 0. The molecule has 0 amide bonds. The molecule has 280 valence electrons. The lowest BCUT2D eigenvalue weighted by molar-refractivity contribution is 0.660. The Morgan fingerprint density at radius 3 is 1.59 bits per heavy atom. The number of hydrogen-bond acceptors (Lipinski definition) is 2. The fraction of sp³-hybridized carbons (Fsp3) is 0.0526. The number of para-hydroxylation sites is 1. The van der Waals surface area contributed by atoms with Crippen LogP contribution in [-0.2, 0) is 5.41 Å². The summed E-state index contributed by atoms with van der Waals surface area (Å²) in [7, 11) is 0. The molecule has 0 aliphatic heterocycles. The molecule has 0 N–H and O–H groups in total. The number of anilines is 3. The van der Waals surface area contributed by atoms with Gasteiger partial charge in [0.05, 0.1) is 0 Å². The van der Waals surface area contributed by atoms with Crippen molar-refractivity contribution in [3.8, 4) is 55.6 Å². The zero-order valence-corrected chi connectivity index (χ0v) is 33.1. The van der Waals surface area contributed by atoms with Gasteiger partial charge in [-0.15, -0.1) is 0 Å². The molecular weight excluding hydrogens is 715 g/mol. The van der Waals surface area contributed by atoms with Gasteiger partial charge in [0.25, 0.3) is 0 Å². The van der Waals surface area contributed by atoms with Gasteiger partial charge in [0.1, 0.15) is 11.2 Å². The second-order valence-corrected chi connectivity index (χ2v) is 16.2. The molecule has 0 saturated heterocycles. The molecule has 0 spiro atoms. The largest absolute Gasteiger partial charge is 0.456 e. The lowest BCUT2D eigenvalue weighted by atomic mass is 9.82. The van der Waals surface area contributed by atoms with Crippen molar-refractivity contribution in [2.75, 3.05) is 4.90 Å². The minimum absolute atomic E-state index is 0.0105. The lowest BCUT2D eigenvalue weighted by Gasteiger charge is -2.27. The van der Waals surface area contributed by atoms with Crippen LogP contribution in [0.15, 0.2) is 217 Å². The van der Waals surface area contributed by atoms with E-state index in [0.29, 0.717) is 0 Å². The van der Waals surface area contributed by atoms with Gasteiger partial charge in [-0.25, -0.2) is 0 Å². The predicted octanol–water partition coefficient (Wildman–Crippen LogP) is 16.0. The fourth-order valence-corrected chi connectivity index (χ4v) is 9.21. The van der Waals surface area contributed by atoms with Gasteiger partial charge in [0.2, 0.25) is 0 Å². The van der Waals surface area contributed by atoms with E-state index in [-0.39, 0.29) is 5.41 Å². The Labute approximate surface area is 345 Å². The van der Waals surface area contributed by atoms with Crippen LogP contribution >= 0.6 is 0 Å². The van der Waals surface area contributed by atoms with Crippen LogP contribution in [0, 0.1) is 0 Å². The maximum absolute atomic E-state index is 6.13. The third-order valence-corrected chi connectivity index (χ3v) is 12.3. The Bertz CT molecular complexity index is 3190. The van der Waals surface area contributed by atoms with Crippen LogP contribution in [0.2, 0.25) is 0 Å². The minimum atomic E-state index is -0.0105. The average Bonchev–Trinajstić information content (AvgIpc) is 3.78. The molecule has 0 saturated carbocycles. The van der Waals surface area contributed by atoms with Crippen molar-refractivity contribution in [2.24, 2.45) is 0 Å². The highest BCUT2D eigenvalue weighted by Gasteiger charge is 2.35. The number of hydrogen-bond donors (Lipinski definition) is 0. The third-order valence-electron chi connectivity index (χ3n) is 12.3. The summed E-state index contributed by atoms with van der Waals surface area (Å²) in [6.45, 7) is 4.67. The Morgan fingerprint density at radius 1 is 0.322 bits per heavy atom. The molecule has 0 radical (unpaired) electrons. The molecule has 1 aliphatic rings. The molecule has 2 heteroatoms. The highest BCUT2D eigenvalue weighted by molar-refractivity contribution is 6.06. The van der Waals surface area contributed by atoms with Gasteiger partial charge in [-0.3, -0.25) is 0 Å². The quantitative estimate of drug-likeness (QED) is 0.161. The van der Waals surface area contributed by atoms with Gasteiger partial charge in [0, 0.05) is 33.2 Å². The van der Waals surface area contributed by atoms with Gasteiger partial charge >= 0.3 is 0 Å². The van der Waals surface area contributed by atoms with E-state index in [0.717, 1.165) is 50.1 Å². The molecule has 0 unspecified atom stereocenters. The molecule has 11 rings (SSSR count).